The summed E-state index contributed by atoms with van der Waals surface area (Å²) in [6, 6.07) is 12.2. The SMILES string of the molecule is CC(C)CNC(=O)c1ccc(N2CCNCC2)c(NS(=O)(=O)c2ccc(C(C)(C)C)cc2)c1.O=C(O)C(F)(F)F. The highest BCUT2D eigenvalue weighted by Crippen LogP contribution is 2.31. The molecule has 3 rings (SSSR count). The predicted molar refractivity (Wildman–Crippen MR) is 148 cm³/mol. The first-order valence-electron chi connectivity index (χ1n) is 12.7. The Hall–Kier alpha value is -3.32. The number of carbonyl (C=O) groups excluding carboxylic acids is 1. The molecule has 2 aromatic rings. The lowest BCUT2D eigenvalue weighted by Crippen LogP contribution is -2.43. The number of carboxylic acid groups (broad SMARTS) is 1. The van der Waals surface area contributed by atoms with E-state index in [4.69, 9.17) is 9.90 Å². The van der Waals surface area contributed by atoms with Crippen LogP contribution in [0.15, 0.2) is 47.4 Å². The number of hydrogen-bond donors (Lipinski definition) is 4. The molecule has 4 N–H and O–H groups in total. The molecular weight excluding hydrogens is 549 g/mol. The quantitative estimate of drug-likeness (QED) is 0.383. The van der Waals surface area contributed by atoms with Gasteiger partial charge >= 0.3 is 12.1 Å². The fourth-order valence-corrected chi connectivity index (χ4v) is 4.74. The maximum absolute atomic E-state index is 13.3. The lowest BCUT2D eigenvalue weighted by molar-refractivity contribution is -0.192. The molecule has 1 amide bonds. The molecule has 2 aromatic carbocycles. The largest absolute Gasteiger partial charge is 0.490 e. The van der Waals surface area contributed by atoms with Crippen LogP contribution in [-0.4, -0.2) is 64.3 Å². The summed E-state index contributed by atoms with van der Waals surface area (Å²) in [6.45, 7) is 14.0. The van der Waals surface area contributed by atoms with Crippen molar-refractivity contribution < 1.29 is 36.3 Å². The van der Waals surface area contributed by atoms with Crippen molar-refractivity contribution in [2.24, 2.45) is 5.92 Å². The molecule has 222 valence electrons. The van der Waals surface area contributed by atoms with E-state index in [1.54, 1.807) is 24.3 Å². The molecule has 0 aliphatic carbocycles. The van der Waals surface area contributed by atoms with Crippen LogP contribution >= 0.6 is 0 Å². The second-order valence-corrected chi connectivity index (χ2v) is 12.4. The smallest absolute Gasteiger partial charge is 0.475 e. The van der Waals surface area contributed by atoms with Crippen molar-refractivity contribution in [3.8, 4) is 0 Å². The summed E-state index contributed by atoms with van der Waals surface area (Å²) in [5.74, 6) is -2.65. The standard InChI is InChI=1S/C25H36N4O3S.C2HF3O2/c1-18(2)17-27-24(30)19-6-11-23(29-14-12-26-13-15-29)22(16-19)28-33(31,32)21-9-7-20(8-10-21)25(3,4)5;3-2(4,5)1(6)7/h6-11,16,18,26,28H,12-15,17H2,1-5H3,(H,27,30);(H,6,7). The molecule has 1 fully saturated rings. The number of hydrogen-bond acceptors (Lipinski definition) is 6. The number of amides is 1. The lowest BCUT2D eigenvalue weighted by Gasteiger charge is -2.31. The number of piperazine rings is 1. The number of sulfonamides is 1. The van der Waals surface area contributed by atoms with Crippen LogP contribution in [-0.2, 0) is 20.2 Å². The summed E-state index contributed by atoms with van der Waals surface area (Å²) in [5, 5.41) is 13.3. The Morgan fingerprint density at radius 1 is 1.02 bits per heavy atom. The van der Waals surface area contributed by atoms with Gasteiger partial charge in [0.1, 0.15) is 0 Å². The predicted octanol–water partition coefficient (Wildman–Crippen LogP) is 4.21. The second kappa shape index (κ2) is 13.4. The van der Waals surface area contributed by atoms with E-state index in [0.29, 0.717) is 23.7 Å². The third-order valence-corrected chi connectivity index (χ3v) is 7.29. The van der Waals surface area contributed by atoms with E-state index in [2.05, 4.69) is 41.0 Å². The number of benzene rings is 2. The average molecular weight is 587 g/mol. The molecule has 9 nitrogen and oxygen atoms in total. The van der Waals surface area contributed by atoms with Crippen molar-refractivity contribution in [1.82, 2.24) is 10.6 Å². The number of rotatable bonds is 7. The van der Waals surface area contributed by atoms with E-state index in [1.165, 1.54) is 0 Å². The average Bonchev–Trinajstić information content (AvgIpc) is 2.87. The summed E-state index contributed by atoms with van der Waals surface area (Å²) in [5.41, 5.74) is 2.60. The van der Waals surface area contributed by atoms with Gasteiger partial charge in [-0.1, -0.05) is 46.8 Å². The summed E-state index contributed by atoms with van der Waals surface area (Å²) in [7, 11) is -3.83. The van der Waals surface area contributed by atoms with Crippen LogP contribution in [0.5, 0.6) is 0 Å². The topological polar surface area (TPSA) is 128 Å². The fraction of sp³-hybridized carbons (Fsp3) is 0.481. The Labute approximate surface area is 233 Å². The number of aliphatic carboxylic acids is 1. The third kappa shape index (κ3) is 9.70. The molecule has 1 aliphatic rings. The highest BCUT2D eigenvalue weighted by molar-refractivity contribution is 7.92. The normalized spacial score (nSPS) is 14.3. The second-order valence-electron chi connectivity index (χ2n) is 10.8. The summed E-state index contributed by atoms with van der Waals surface area (Å²) >= 11 is 0. The highest BCUT2D eigenvalue weighted by atomic mass is 32.2. The highest BCUT2D eigenvalue weighted by Gasteiger charge is 2.38. The van der Waals surface area contributed by atoms with Crippen LogP contribution in [0.1, 0.15) is 50.5 Å². The van der Waals surface area contributed by atoms with Crippen molar-refractivity contribution in [2.75, 3.05) is 42.3 Å². The molecular formula is C27H37F3N4O5S. The number of nitrogens with one attached hydrogen (secondary N) is 3. The Morgan fingerprint density at radius 2 is 1.57 bits per heavy atom. The minimum Gasteiger partial charge on any atom is -0.475 e. The van der Waals surface area contributed by atoms with Crippen LogP contribution in [0.4, 0.5) is 24.5 Å². The van der Waals surface area contributed by atoms with Crippen LogP contribution in [0.25, 0.3) is 0 Å². The minimum absolute atomic E-state index is 0.0666. The minimum atomic E-state index is -5.08. The van der Waals surface area contributed by atoms with Crippen LogP contribution in [0.2, 0.25) is 0 Å². The van der Waals surface area contributed by atoms with Crippen LogP contribution in [0.3, 0.4) is 0 Å². The van der Waals surface area contributed by atoms with Gasteiger partial charge in [0.25, 0.3) is 15.9 Å². The Bertz CT molecular complexity index is 1270. The van der Waals surface area contributed by atoms with E-state index in [0.717, 1.165) is 37.4 Å². The molecule has 0 spiro atoms. The van der Waals surface area contributed by atoms with Crippen LogP contribution < -0.4 is 20.3 Å². The molecule has 13 heteroatoms. The van der Waals surface area contributed by atoms with Crippen molar-refractivity contribution in [2.45, 2.75) is 51.1 Å². The van der Waals surface area contributed by atoms with Gasteiger partial charge in [-0.2, -0.15) is 13.2 Å². The fourth-order valence-electron chi connectivity index (χ4n) is 3.68. The van der Waals surface area contributed by atoms with Gasteiger partial charge in [0.05, 0.1) is 16.3 Å². The zero-order valence-corrected chi connectivity index (χ0v) is 24.0. The zero-order chi connectivity index (χ0) is 30.3. The monoisotopic (exact) mass is 586 g/mol. The first kappa shape index (κ1) is 32.9. The molecule has 0 bridgehead atoms. The Balaban J connectivity index is 0.000000708. The van der Waals surface area contributed by atoms with Gasteiger partial charge in [-0.3, -0.25) is 9.52 Å². The third-order valence-electron chi connectivity index (χ3n) is 5.90. The molecule has 0 atom stereocenters. The van der Waals surface area contributed by atoms with E-state index >= 15 is 0 Å². The van der Waals surface area contributed by atoms with Gasteiger partial charge in [0.2, 0.25) is 0 Å². The maximum Gasteiger partial charge on any atom is 0.490 e. The number of anilines is 2. The molecule has 1 heterocycles. The molecule has 1 saturated heterocycles. The summed E-state index contributed by atoms with van der Waals surface area (Å²) < 4.78 is 61.0. The van der Waals surface area contributed by atoms with Crippen LogP contribution in [0, 0.1) is 5.92 Å². The van der Waals surface area contributed by atoms with Gasteiger partial charge in [0.15, 0.2) is 0 Å². The van der Waals surface area contributed by atoms with Gasteiger partial charge in [-0.05, 0) is 47.2 Å². The molecule has 40 heavy (non-hydrogen) atoms. The van der Waals surface area contributed by atoms with Crippen molar-refractivity contribution in [3.05, 3.63) is 53.6 Å². The molecule has 0 aromatic heterocycles. The van der Waals surface area contributed by atoms with Crippen molar-refractivity contribution in [3.63, 3.8) is 0 Å². The Morgan fingerprint density at radius 3 is 2.05 bits per heavy atom. The van der Waals surface area contributed by atoms with Gasteiger partial charge in [-0.25, -0.2) is 13.2 Å². The van der Waals surface area contributed by atoms with Gasteiger partial charge in [-0.15, -0.1) is 0 Å². The summed E-state index contributed by atoms with van der Waals surface area (Å²) in [4.78, 5) is 23.9. The molecule has 0 radical (unpaired) electrons. The van der Waals surface area contributed by atoms with Crippen molar-refractivity contribution in [1.29, 1.82) is 0 Å². The molecule has 0 unspecified atom stereocenters. The number of alkyl halides is 3. The number of carboxylic acids is 1. The van der Waals surface area contributed by atoms with Gasteiger partial charge in [0, 0.05) is 38.3 Å². The number of halogens is 3. The van der Waals surface area contributed by atoms with E-state index in [-0.39, 0.29) is 16.2 Å². The van der Waals surface area contributed by atoms with Gasteiger partial charge < -0.3 is 20.6 Å². The number of nitrogens with zero attached hydrogens (tertiary/aromatic N) is 1. The molecule has 1 aliphatic heterocycles. The lowest BCUT2D eigenvalue weighted by atomic mass is 9.87. The molecule has 0 saturated carbocycles. The zero-order valence-electron chi connectivity index (χ0n) is 23.2. The number of carbonyl (C=O) groups is 2. The maximum atomic E-state index is 13.3. The van der Waals surface area contributed by atoms with E-state index in [1.807, 2.05) is 32.0 Å². The van der Waals surface area contributed by atoms with E-state index in [9.17, 15) is 26.4 Å². The Kier molecular flexibility index (Phi) is 11.0. The first-order valence-corrected chi connectivity index (χ1v) is 14.2. The van der Waals surface area contributed by atoms with Crippen molar-refractivity contribution >= 4 is 33.3 Å². The summed E-state index contributed by atoms with van der Waals surface area (Å²) in [6.07, 6.45) is -5.08. The van der Waals surface area contributed by atoms with E-state index < -0.39 is 22.2 Å². The first-order chi connectivity index (χ1) is 18.4.